The van der Waals surface area contributed by atoms with Crippen LogP contribution >= 0.6 is 0 Å². The number of nitrogens with zero attached hydrogens (tertiary/aromatic N) is 2. The van der Waals surface area contributed by atoms with E-state index < -0.39 is 0 Å². The van der Waals surface area contributed by atoms with E-state index in [9.17, 15) is 4.79 Å². The number of aryl methyl sites for hydroxylation is 2. The van der Waals surface area contributed by atoms with Gasteiger partial charge in [0.1, 0.15) is 0 Å². The van der Waals surface area contributed by atoms with Gasteiger partial charge >= 0.3 is 0 Å². The SMILES string of the molecule is COc1cc(/C=N\NC(=O)c2ccc(-n3c(C)ccc3C)cc2)cc(OC)c1OC. The Morgan fingerprint density at radius 2 is 1.47 bits per heavy atom. The smallest absolute Gasteiger partial charge is 0.271 e. The van der Waals surface area contributed by atoms with Crippen LogP contribution in [0.4, 0.5) is 0 Å². The van der Waals surface area contributed by atoms with Crippen LogP contribution in [0.15, 0.2) is 53.6 Å². The fourth-order valence-corrected chi connectivity index (χ4v) is 3.24. The second kappa shape index (κ2) is 9.17. The number of aromatic nitrogens is 1. The number of benzene rings is 2. The molecule has 2 aromatic carbocycles. The van der Waals surface area contributed by atoms with E-state index in [2.05, 4.69) is 27.2 Å². The van der Waals surface area contributed by atoms with E-state index in [4.69, 9.17) is 14.2 Å². The number of ether oxygens (including phenoxy) is 3. The Morgan fingerprint density at radius 3 is 1.97 bits per heavy atom. The molecule has 0 saturated carbocycles. The molecule has 7 nitrogen and oxygen atoms in total. The third-order valence-corrected chi connectivity index (χ3v) is 4.73. The first kappa shape index (κ1) is 21.0. The lowest BCUT2D eigenvalue weighted by atomic mass is 10.2. The fraction of sp³-hybridized carbons (Fsp3) is 0.217. The van der Waals surface area contributed by atoms with Crippen molar-refractivity contribution in [3.05, 3.63) is 71.0 Å². The first-order valence-electron chi connectivity index (χ1n) is 9.37. The molecule has 30 heavy (non-hydrogen) atoms. The second-order valence-electron chi connectivity index (χ2n) is 6.66. The van der Waals surface area contributed by atoms with Gasteiger partial charge in [0.15, 0.2) is 11.5 Å². The van der Waals surface area contributed by atoms with Crippen LogP contribution in [-0.4, -0.2) is 38.0 Å². The third-order valence-electron chi connectivity index (χ3n) is 4.73. The summed E-state index contributed by atoms with van der Waals surface area (Å²) in [5.74, 6) is 1.22. The summed E-state index contributed by atoms with van der Waals surface area (Å²) < 4.78 is 18.1. The van der Waals surface area contributed by atoms with E-state index >= 15 is 0 Å². The molecule has 7 heteroatoms. The van der Waals surface area contributed by atoms with Crippen molar-refractivity contribution in [1.82, 2.24) is 9.99 Å². The number of rotatable bonds is 7. The maximum Gasteiger partial charge on any atom is 0.271 e. The lowest BCUT2D eigenvalue weighted by molar-refractivity contribution is 0.0955. The molecule has 1 aromatic heterocycles. The van der Waals surface area contributed by atoms with E-state index in [1.807, 2.05) is 26.0 Å². The number of methoxy groups -OCH3 is 3. The van der Waals surface area contributed by atoms with Crippen LogP contribution in [-0.2, 0) is 0 Å². The molecular weight excluding hydrogens is 382 g/mol. The molecule has 0 atom stereocenters. The predicted octanol–water partition coefficient (Wildman–Crippen LogP) is 3.88. The van der Waals surface area contributed by atoms with Gasteiger partial charge < -0.3 is 18.8 Å². The molecule has 0 saturated heterocycles. The molecule has 3 aromatic rings. The Balaban J connectivity index is 1.72. The van der Waals surface area contributed by atoms with Crippen molar-refractivity contribution >= 4 is 12.1 Å². The molecule has 0 fully saturated rings. The van der Waals surface area contributed by atoms with Crippen LogP contribution in [0.2, 0.25) is 0 Å². The topological polar surface area (TPSA) is 74.1 Å². The van der Waals surface area contributed by atoms with Gasteiger partial charge in [-0.3, -0.25) is 4.79 Å². The zero-order chi connectivity index (χ0) is 21.7. The quantitative estimate of drug-likeness (QED) is 0.476. The van der Waals surface area contributed by atoms with Gasteiger partial charge in [0.05, 0.1) is 27.5 Å². The number of nitrogens with one attached hydrogen (secondary N) is 1. The standard InChI is InChI=1S/C23H25N3O4/c1-15-6-7-16(2)26(15)19-10-8-18(9-11-19)23(27)25-24-14-17-12-20(28-3)22(30-5)21(13-17)29-4/h6-14H,1-5H3,(H,25,27)/b24-14-. The summed E-state index contributed by atoms with van der Waals surface area (Å²) in [4.78, 5) is 12.4. The van der Waals surface area contributed by atoms with Crippen LogP contribution in [0, 0.1) is 13.8 Å². The lowest BCUT2D eigenvalue weighted by Crippen LogP contribution is -2.17. The molecule has 0 aliphatic carbocycles. The summed E-state index contributed by atoms with van der Waals surface area (Å²) in [6.07, 6.45) is 1.52. The molecule has 3 rings (SSSR count). The van der Waals surface area contributed by atoms with Crippen molar-refractivity contribution in [3.8, 4) is 22.9 Å². The van der Waals surface area contributed by atoms with Crippen LogP contribution < -0.4 is 19.6 Å². The Kier molecular flexibility index (Phi) is 6.41. The summed E-state index contributed by atoms with van der Waals surface area (Å²) in [6.45, 7) is 4.09. The average molecular weight is 407 g/mol. The summed E-state index contributed by atoms with van der Waals surface area (Å²) in [6, 6.07) is 15.0. The molecule has 0 aliphatic rings. The first-order chi connectivity index (χ1) is 14.5. The number of hydrogen-bond acceptors (Lipinski definition) is 5. The second-order valence-corrected chi connectivity index (χ2v) is 6.66. The zero-order valence-electron chi connectivity index (χ0n) is 17.7. The highest BCUT2D eigenvalue weighted by atomic mass is 16.5. The van der Waals surface area contributed by atoms with Crippen molar-refractivity contribution in [3.63, 3.8) is 0 Å². The minimum absolute atomic E-state index is 0.300. The average Bonchev–Trinajstić information content (AvgIpc) is 3.10. The molecule has 1 amide bonds. The first-order valence-corrected chi connectivity index (χ1v) is 9.37. The van der Waals surface area contributed by atoms with E-state index in [1.165, 1.54) is 6.21 Å². The van der Waals surface area contributed by atoms with Crippen molar-refractivity contribution in [2.75, 3.05) is 21.3 Å². The molecule has 0 aliphatic heterocycles. The Labute approximate surface area is 175 Å². The van der Waals surface area contributed by atoms with Crippen molar-refractivity contribution in [2.24, 2.45) is 5.10 Å². The van der Waals surface area contributed by atoms with Gasteiger partial charge in [-0.25, -0.2) is 5.43 Å². The van der Waals surface area contributed by atoms with Gasteiger partial charge in [-0.05, 0) is 62.4 Å². The van der Waals surface area contributed by atoms with Crippen LogP contribution in [0.1, 0.15) is 27.3 Å². The van der Waals surface area contributed by atoms with Crippen LogP contribution in [0.5, 0.6) is 17.2 Å². The number of hydrazone groups is 1. The summed E-state index contributed by atoms with van der Waals surface area (Å²) >= 11 is 0. The van der Waals surface area contributed by atoms with Crippen molar-refractivity contribution < 1.29 is 19.0 Å². The van der Waals surface area contributed by atoms with Crippen molar-refractivity contribution in [1.29, 1.82) is 0 Å². The van der Waals surface area contributed by atoms with Gasteiger partial charge in [0.25, 0.3) is 5.91 Å². The predicted molar refractivity (Wildman–Crippen MR) is 116 cm³/mol. The molecule has 156 valence electrons. The Bertz CT molecular complexity index is 1020. The third kappa shape index (κ3) is 4.30. The number of amides is 1. The minimum Gasteiger partial charge on any atom is -0.493 e. The van der Waals surface area contributed by atoms with Crippen LogP contribution in [0.25, 0.3) is 5.69 Å². The zero-order valence-corrected chi connectivity index (χ0v) is 17.7. The highest BCUT2D eigenvalue weighted by molar-refractivity contribution is 5.95. The van der Waals surface area contributed by atoms with Gasteiger partial charge in [-0.2, -0.15) is 5.10 Å². The largest absolute Gasteiger partial charge is 0.493 e. The molecule has 0 unspecified atom stereocenters. The maximum atomic E-state index is 12.4. The summed E-state index contributed by atoms with van der Waals surface area (Å²) in [5, 5.41) is 4.04. The number of hydrogen-bond donors (Lipinski definition) is 1. The maximum absolute atomic E-state index is 12.4. The molecular formula is C23H25N3O4. The number of carbonyl (C=O) groups is 1. The van der Waals surface area contributed by atoms with E-state index in [1.54, 1.807) is 45.6 Å². The van der Waals surface area contributed by atoms with Gasteiger partial charge in [-0.15, -0.1) is 0 Å². The van der Waals surface area contributed by atoms with Crippen molar-refractivity contribution in [2.45, 2.75) is 13.8 Å². The Hall–Kier alpha value is -3.74. The van der Waals surface area contributed by atoms with Gasteiger partial charge in [0, 0.05) is 28.2 Å². The normalized spacial score (nSPS) is 10.8. The van der Waals surface area contributed by atoms with E-state index in [-0.39, 0.29) is 5.91 Å². The van der Waals surface area contributed by atoms with E-state index in [0.717, 1.165) is 17.1 Å². The number of carbonyl (C=O) groups excluding carboxylic acids is 1. The lowest BCUT2D eigenvalue weighted by Gasteiger charge is -2.12. The molecule has 0 bridgehead atoms. The molecule has 0 radical (unpaired) electrons. The van der Waals surface area contributed by atoms with Gasteiger partial charge in [-0.1, -0.05) is 0 Å². The summed E-state index contributed by atoms with van der Waals surface area (Å²) in [7, 11) is 4.62. The minimum atomic E-state index is -0.300. The monoisotopic (exact) mass is 407 g/mol. The van der Waals surface area contributed by atoms with E-state index in [0.29, 0.717) is 28.4 Å². The fourth-order valence-electron chi connectivity index (χ4n) is 3.24. The van der Waals surface area contributed by atoms with Crippen LogP contribution in [0.3, 0.4) is 0 Å². The molecule has 1 N–H and O–H groups in total. The molecule has 1 heterocycles. The highest BCUT2D eigenvalue weighted by Crippen LogP contribution is 2.37. The van der Waals surface area contributed by atoms with Gasteiger partial charge in [0.2, 0.25) is 5.75 Å². The highest BCUT2D eigenvalue weighted by Gasteiger charge is 2.12. The summed E-state index contributed by atoms with van der Waals surface area (Å²) in [5.41, 5.74) is 7.03. The molecule has 0 spiro atoms. The Morgan fingerprint density at radius 1 is 0.900 bits per heavy atom.